The molecule has 0 amide bonds. The second-order valence-corrected chi connectivity index (χ2v) is 1.34. The van der Waals surface area contributed by atoms with Crippen LogP contribution in [-0.4, -0.2) is 48.7 Å². The van der Waals surface area contributed by atoms with E-state index in [4.69, 9.17) is 19.2 Å². The van der Waals surface area contributed by atoms with Gasteiger partial charge in [-0.15, -0.1) is 0 Å². The molecule has 0 radical (unpaired) electrons. The fourth-order valence-electron chi connectivity index (χ4n) is 0. The van der Waals surface area contributed by atoms with E-state index in [1.54, 1.807) is 0 Å². The number of phosphoric acid groups is 1. The van der Waals surface area contributed by atoms with E-state index in [1.165, 1.54) is 0 Å². The van der Waals surface area contributed by atoms with E-state index in [0.717, 1.165) is 0 Å². The monoisotopic (exact) mass is 235 g/mol. The number of hydrogen-bond acceptors (Lipinski definition) is 4. The summed E-state index contributed by atoms with van der Waals surface area (Å²) in [4.78, 5) is 25.6. The average molecular weight is 236 g/mol. The molecule has 0 aromatic rings. The van der Waals surface area contributed by atoms with Crippen LogP contribution in [0.5, 0.6) is 0 Å². The van der Waals surface area contributed by atoms with Crippen LogP contribution in [0, 0.1) is 0 Å². The van der Waals surface area contributed by atoms with E-state index < -0.39 is 7.82 Å². The summed E-state index contributed by atoms with van der Waals surface area (Å²) in [7, 11) is -5.39. The Kier molecular flexibility index (Phi) is 42.9. The van der Waals surface area contributed by atoms with E-state index in [-0.39, 0.29) is 68.2 Å². The molecule has 0 aliphatic heterocycles. The summed E-state index contributed by atoms with van der Waals surface area (Å²) in [5.74, 6) is 0. The predicted molar refractivity (Wildman–Crippen MR) is 20.6 cm³/mol. The van der Waals surface area contributed by atoms with Gasteiger partial charge in [0, 0.05) is 0 Å². The van der Waals surface area contributed by atoms with Crippen LogP contribution >= 0.6 is 7.82 Å². The summed E-state index contributed by atoms with van der Waals surface area (Å²) in [6, 6.07) is 0. The Labute approximate surface area is 94.3 Å². The van der Waals surface area contributed by atoms with Crippen molar-refractivity contribution in [2.75, 3.05) is 0 Å². The molecule has 0 aliphatic rings. The predicted octanol–water partition coefficient (Wildman–Crippen LogP) is -4.86. The maximum atomic E-state index is 8.55. The van der Waals surface area contributed by atoms with Crippen LogP contribution in [0.4, 0.5) is 0 Å². The van der Waals surface area contributed by atoms with Gasteiger partial charge >= 0.3 is 57.2 Å². The van der Waals surface area contributed by atoms with Crippen molar-refractivity contribution in [1.82, 2.24) is 0 Å². The largest absolute Gasteiger partial charge is 2.00 e. The molecule has 0 saturated heterocycles. The van der Waals surface area contributed by atoms with Crippen molar-refractivity contribution in [1.29, 1.82) is 0 Å². The van der Waals surface area contributed by atoms with Crippen molar-refractivity contribution in [2.24, 2.45) is 0 Å². The Morgan fingerprint density at radius 3 is 1.00 bits per heavy atom. The Morgan fingerprint density at radius 1 is 1.00 bits per heavy atom. The Bertz CT molecular complexity index is 59.2. The minimum Gasteiger partial charge on any atom is -0.822 e. The molecule has 6 nitrogen and oxygen atoms in total. The van der Waals surface area contributed by atoms with Gasteiger partial charge in [0.05, 0.1) is 0 Å². The minimum absolute atomic E-state index is 0. The number of rotatable bonds is 0. The van der Waals surface area contributed by atoms with Crippen LogP contribution in [0.2, 0.25) is 0 Å². The Balaban J connectivity index is -0.0000000133. The summed E-state index contributed by atoms with van der Waals surface area (Å²) in [6.07, 6.45) is 0. The maximum Gasteiger partial charge on any atom is 2.00 e. The SMILES string of the molecule is O.O.O=P([O-])([O-])[O-].[Ca+2].[Zn+2]. The molecular formula is H4CaO6PZn+. The van der Waals surface area contributed by atoms with Gasteiger partial charge in [-0.3, -0.25) is 0 Å². The summed E-state index contributed by atoms with van der Waals surface area (Å²) >= 11 is 0. The van der Waals surface area contributed by atoms with Gasteiger partial charge in [0.1, 0.15) is 0 Å². The minimum atomic E-state index is -5.39. The van der Waals surface area contributed by atoms with Crippen molar-refractivity contribution < 1.29 is 49.7 Å². The maximum absolute atomic E-state index is 8.55. The molecule has 0 spiro atoms. The van der Waals surface area contributed by atoms with Gasteiger partial charge in [0.2, 0.25) is 0 Å². The standard InChI is InChI=1S/Ca.H3O4P.2H2O.Zn/c;1-5(2,3)4;;;/h;(H3,1,2,3,4);2*1H2;/q+2;;;;+2/p-3. The van der Waals surface area contributed by atoms with Gasteiger partial charge in [0.15, 0.2) is 0 Å². The smallest absolute Gasteiger partial charge is 0.822 e. The van der Waals surface area contributed by atoms with E-state index in [2.05, 4.69) is 0 Å². The van der Waals surface area contributed by atoms with Crippen LogP contribution in [0.25, 0.3) is 0 Å². The van der Waals surface area contributed by atoms with Crippen molar-refractivity contribution in [3.63, 3.8) is 0 Å². The molecule has 0 aliphatic carbocycles. The molecule has 9 heavy (non-hydrogen) atoms. The van der Waals surface area contributed by atoms with E-state index in [1.807, 2.05) is 0 Å². The number of hydrogen-bond donors (Lipinski definition) is 0. The summed E-state index contributed by atoms with van der Waals surface area (Å²) in [6.45, 7) is 0. The molecule has 0 saturated carbocycles. The molecule has 0 aromatic heterocycles. The molecule has 0 rings (SSSR count). The molecular weight excluding hydrogens is 232 g/mol. The van der Waals surface area contributed by atoms with E-state index in [0.29, 0.717) is 0 Å². The van der Waals surface area contributed by atoms with Crippen LogP contribution in [0.3, 0.4) is 0 Å². The van der Waals surface area contributed by atoms with Crippen molar-refractivity contribution in [3.05, 3.63) is 0 Å². The molecule has 0 atom stereocenters. The molecule has 4 N–H and O–H groups in total. The topological polar surface area (TPSA) is 149 Å². The zero-order valence-electron chi connectivity index (χ0n) is 4.49. The Morgan fingerprint density at radius 2 is 1.00 bits per heavy atom. The third-order valence-electron chi connectivity index (χ3n) is 0. The van der Waals surface area contributed by atoms with Crippen molar-refractivity contribution >= 4 is 45.6 Å². The molecule has 0 aromatic carbocycles. The third kappa shape index (κ3) is 170. The van der Waals surface area contributed by atoms with E-state index >= 15 is 0 Å². The second-order valence-electron chi connectivity index (χ2n) is 0.447. The fourth-order valence-corrected chi connectivity index (χ4v) is 0. The van der Waals surface area contributed by atoms with E-state index in [9.17, 15) is 0 Å². The molecule has 48 valence electrons. The molecule has 0 heterocycles. The van der Waals surface area contributed by atoms with Gasteiger partial charge in [-0.2, -0.15) is 7.82 Å². The summed E-state index contributed by atoms with van der Waals surface area (Å²) < 4.78 is 8.55. The average Bonchev–Trinajstić information content (AvgIpc) is 0.722. The summed E-state index contributed by atoms with van der Waals surface area (Å²) in [5.41, 5.74) is 0. The molecule has 0 unspecified atom stereocenters. The second kappa shape index (κ2) is 12.6. The third-order valence-corrected chi connectivity index (χ3v) is 0. The molecule has 0 fully saturated rings. The quantitative estimate of drug-likeness (QED) is 0.306. The zero-order valence-corrected chi connectivity index (χ0v) is 10.6. The van der Waals surface area contributed by atoms with Crippen LogP contribution in [0.15, 0.2) is 0 Å². The van der Waals surface area contributed by atoms with Gasteiger partial charge in [-0.1, -0.05) is 0 Å². The van der Waals surface area contributed by atoms with Gasteiger partial charge in [-0.05, 0) is 0 Å². The van der Waals surface area contributed by atoms with Gasteiger partial charge < -0.3 is 30.2 Å². The zero-order chi connectivity index (χ0) is 4.50. The first-order valence-corrected chi connectivity index (χ1v) is 2.19. The van der Waals surface area contributed by atoms with Crippen LogP contribution in [-0.2, 0) is 24.0 Å². The summed E-state index contributed by atoms with van der Waals surface area (Å²) in [5, 5.41) is 0. The first kappa shape index (κ1) is 30.7. The normalized spacial score (nSPS) is 6.56. The van der Waals surface area contributed by atoms with Gasteiger partial charge in [-0.25, -0.2) is 0 Å². The molecule has 9 heteroatoms. The van der Waals surface area contributed by atoms with Crippen LogP contribution < -0.4 is 14.7 Å². The first-order valence-electron chi connectivity index (χ1n) is 0.730. The van der Waals surface area contributed by atoms with Crippen molar-refractivity contribution in [3.8, 4) is 0 Å². The van der Waals surface area contributed by atoms with Crippen molar-refractivity contribution in [2.45, 2.75) is 0 Å². The Hall–Kier alpha value is 1.91. The first-order chi connectivity index (χ1) is 2.00. The molecule has 0 bridgehead atoms. The van der Waals surface area contributed by atoms with Gasteiger partial charge in [0.25, 0.3) is 0 Å². The van der Waals surface area contributed by atoms with Crippen LogP contribution in [0.1, 0.15) is 0 Å². The fraction of sp³-hybridized carbons (Fsp3) is 0.